The summed E-state index contributed by atoms with van der Waals surface area (Å²) in [6.45, 7) is 13.2. The maximum Gasteiger partial charge on any atom is 0.270 e. The molecule has 0 bridgehead atoms. The molecule has 9 nitrogen and oxygen atoms in total. The normalized spacial score (nSPS) is 12.0. The summed E-state index contributed by atoms with van der Waals surface area (Å²) in [5.74, 6) is -4.54. The SMILES string of the molecule is CCOC(c1ccc(OC)c(F)c1F)c1c(C)n(C(C)C)[nH]c1=O.COc1ccc(Cc2c(C)n(C(C)C)[nH]c2=O)c(F)c1F. The van der Waals surface area contributed by atoms with Crippen molar-refractivity contribution in [2.45, 2.75) is 73.1 Å². The predicted molar refractivity (Wildman–Crippen MR) is 162 cm³/mol. The molecule has 0 amide bonds. The van der Waals surface area contributed by atoms with Gasteiger partial charge in [0.15, 0.2) is 23.1 Å². The summed E-state index contributed by atoms with van der Waals surface area (Å²) in [6.07, 6.45) is -0.965. The highest BCUT2D eigenvalue weighted by Gasteiger charge is 2.29. The number of ether oxygens (including phenoxy) is 3. The van der Waals surface area contributed by atoms with Gasteiger partial charge < -0.3 is 14.2 Å². The van der Waals surface area contributed by atoms with Crippen LogP contribution in [0.2, 0.25) is 0 Å². The van der Waals surface area contributed by atoms with Crippen molar-refractivity contribution >= 4 is 0 Å². The zero-order chi connectivity index (χ0) is 33.7. The number of aromatic amines is 2. The fourth-order valence-corrected chi connectivity index (χ4v) is 5.13. The van der Waals surface area contributed by atoms with E-state index in [1.165, 1.54) is 38.5 Å². The zero-order valence-corrected chi connectivity index (χ0v) is 26.9. The molecule has 1 unspecified atom stereocenters. The smallest absolute Gasteiger partial charge is 0.270 e. The molecule has 0 spiro atoms. The van der Waals surface area contributed by atoms with Crippen molar-refractivity contribution < 1.29 is 31.8 Å². The molecule has 4 rings (SSSR count). The van der Waals surface area contributed by atoms with E-state index in [-0.39, 0.29) is 64.4 Å². The highest BCUT2D eigenvalue weighted by Crippen LogP contribution is 2.33. The van der Waals surface area contributed by atoms with Gasteiger partial charge >= 0.3 is 0 Å². The number of methoxy groups -OCH3 is 2. The molecule has 0 saturated heterocycles. The predicted octanol–water partition coefficient (Wildman–Crippen LogP) is 6.42. The van der Waals surface area contributed by atoms with Crippen molar-refractivity contribution in [3.05, 3.63) is 102 Å². The first-order chi connectivity index (χ1) is 21.2. The number of halogens is 4. The standard InChI is InChI=1S/C17H22F2N2O3.C15H18F2N2O2/c1-6-24-16(11-7-8-12(23-5)15(19)14(11)18)13-10(4)21(9(2)3)20-17(13)22;1-8(2)19-9(3)11(15(20)18-19)7-10-5-6-12(21-4)14(17)13(10)16/h7-9,16H,6H2,1-5H3,(H,20,22);5-6,8H,7H2,1-4H3,(H,18,20). The van der Waals surface area contributed by atoms with Gasteiger partial charge in [0.05, 0.1) is 19.8 Å². The van der Waals surface area contributed by atoms with Gasteiger partial charge in [0.2, 0.25) is 11.6 Å². The van der Waals surface area contributed by atoms with E-state index >= 15 is 0 Å². The van der Waals surface area contributed by atoms with Gasteiger partial charge in [0.25, 0.3) is 11.1 Å². The van der Waals surface area contributed by atoms with Crippen LogP contribution >= 0.6 is 0 Å². The molecule has 0 radical (unpaired) electrons. The van der Waals surface area contributed by atoms with Crippen LogP contribution in [0.4, 0.5) is 17.6 Å². The third-order valence-corrected chi connectivity index (χ3v) is 7.43. The maximum absolute atomic E-state index is 14.5. The van der Waals surface area contributed by atoms with Crippen LogP contribution in [0.5, 0.6) is 11.5 Å². The van der Waals surface area contributed by atoms with Crippen molar-refractivity contribution in [2.75, 3.05) is 20.8 Å². The third-order valence-electron chi connectivity index (χ3n) is 7.43. The second-order valence-electron chi connectivity index (χ2n) is 10.9. The number of aromatic nitrogens is 4. The number of nitrogens with zero attached hydrogens (tertiary/aromatic N) is 2. The molecule has 246 valence electrons. The Balaban J connectivity index is 0.000000248. The summed E-state index contributed by atoms with van der Waals surface area (Å²) in [7, 11) is 2.53. The van der Waals surface area contributed by atoms with Gasteiger partial charge in [-0.1, -0.05) is 6.07 Å². The monoisotopic (exact) mass is 636 g/mol. The molecule has 0 aliphatic heterocycles. The summed E-state index contributed by atoms with van der Waals surface area (Å²) in [6, 6.07) is 5.60. The molecule has 13 heteroatoms. The fourth-order valence-electron chi connectivity index (χ4n) is 5.13. The van der Waals surface area contributed by atoms with E-state index in [4.69, 9.17) is 14.2 Å². The molecule has 0 aliphatic rings. The van der Waals surface area contributed by atoms with Crippen LogP contribution in [0, 0.1) is 37.1 Å². The Labute approximate surface area is 258 Å². The Bertz CT molecular complexity index is 1750. The van der Waals surface area contributed by atoms with Gasteiger partial charge in [-0.25, -0.2) is 8.78 Å². The first-order valence-electron chi connectivity index (χ1n) is 14.4. The minimum absolute atomic E-state index is 0.0196. The Morgan fingerprint density at radius 1 is 0.733 bits per heavy atom. The van der Waals surface area contributed by atoms with Crippen LogP contribution in [0.3, 0.4) is 0 Å². The van der Waals surface area contributed by atoms with E-state index < -0.39 is 29.4 Å². The van der Waals surface area contributed by atoms with E-state index in [0.717, 1.165) is 5.69 Å². The van der Waals surface area contributed by atoms with Crippen molar-refractivity contribution in [3.63, 3.8) is 0 Å². The molecule has 0 fully saturated rings. The van der Waals surface area contributed by atoms with Gasteiger partial charge in [-0.2, -0.15) is 8.78 Å². The number of rotatable bonds is 10. The number of H-pyrrole nitrogens is 2. The molecule has 45 heavy (non-hydrogen) atoms. The number of hydrogen-bond donors (Lipinski definition) is 2. The van der Waals surface area contributed by atoms with E-state index in [1.807, 2.05) is 27.7 Å². The summed E-state index contributed by atoms with van der Waals surface area (Å²) in [4.78, 5) is 24.3. The van der Waals surface area contributed by atoms with Gasteiger partial charge in [0.1, 0.15) is 6.10 Å². The Kier molecular flexibility index (Phi) is 11.5. The molecule has 1 atom stereocenters. The maximum atomic E-state index is 14.5. The number of hydrogen-bond acceptors (Lipinski definition) is 5. The number of benzene rings is 2. The highest BCUT2D eigenvalue weighted by molar-refractivity contribution is 5.38. The largest absolute Gasteiger partial charge is 0.494 e. The van der Waals surface area contributed by atoms with Gasteiger partial charge in [-0.3, -0.25) is 29.2 Å². The average molecular weight is 637 g/mol. The molecule has 4 aromatic rings. The highest BCUT2D eigenvalue weighted by atomic mass is 19.2. The van der Waals surface area contributed by atoms with E-state index in [0.29, 0.717) is 11.3 Å². The minimum atomic E-state index is -1.10. The lowest BCUT2D eigenvalue weighted by Gasteiger charge is -2.19. The third kappa shape index (κ3) is 7.19. The van der Waals surface area contributed by atoms with Gasteiger partial charge in [-0.15, -0.1) is 0 Å². The summed E-state index contributed by atoms with van der Waals surface area (Å²) < 4.78 is 74.8. The lowest BCUT2D eigenvalue weighted by atomic mass is 10.0. The van der Waals surface area contributed by atoms with Crippen LogP contribution in [0.15, 0.2) is 33.9 Å². The lowest BCUT2D eigenvalue weighted by Crippen LogP contribution is -2.17. The fraction of sp³-hybridized carbons (Fsp3) is 0.438. The first kappa shape index (κ1) is 35.2. The molecule has 2 aromatic heterocycles. The zero-order valence-electron chi connectivity index (χ0n) is 26.9. The lowest BCUT2D eigenvalue weighted by molar-refractivity contribution is 0.0868. The molecule has 0 saturated carbocycles. The molecule has 2 N–H and O–H groups in total. The minimum Gasteiger partial charge on any atom is -0.494 e. The first-order valence-corrected chi connectivity index (χ1v) is 14.4. The Hall–Kier alpha value is -4.26. The van der Waals surface area contributed by atoms with Crippen LogP contribution in [0.1, 0.15) is 86.4 Å². The molecule has 2 aromatic carbocycles. The van der Waals surface area contributed by atoms with Crippen LogP contribution in [-0.4, -0.2) is 40.4 Å². The molecular formula is C32H40F4N4O5. The molecular weight excluding hydrogens is 596 g/mol. The van der Waals surface area contributed by atoms with E-state index in [9.17, 15) is 27.2 Å². The van der Waals surface area contributed by atoms with Crippen molar-refractivity contribution in [1.82, 2.24) is 19.6 Å². The van der Waals surface area contributed by atoms with Gasteiger partial charge in [-0.05, 0) is 72.2 Å². The Morgan fingerprint density at radius 3 is 1.73 bits per heavy atom. The van der Waals surface area contributed by atoms with Crippen LogP contribution in [-0.2, 0) is 11.2 Å². The topological polar surface area (TPSA) is 103 Å². The van der Waals surface area contributed by atoms with Crippen LogP contribution < -0.4 is 20.6 Å². The van der Waals surface area contributed by atoms with Crippen molar-refractivity contribution in [3.8, 4) is 11.5 Å². The van der Waals surface area contributed by atoms with Crippen molar-refractivity contribution in [2.24, 2.45) is 0 Å². The van der Waals surface area contributed by atoms with E-state index in [1.54, 1.807) is 30.1 Å². The number of nitrogens with one attached hydrogen (secondary N) is 2. The summed E-state index contributed by atoms with van der Waals surface area (Å²) in [5, 5.41) is 5.43. The average Bonchev–Trinajstić information content (AvgIpc) is 3.45. The second-order valence-corrected chi connectivity index (χ2v) is 10.9. The quantitative estimate of drug-likeness (QED) is 0.196. The summed E-state index contributed by atoms with van der Waals surface area (Å²) in [5.41, 5.74) is 1.50. The van der Waals surface area contributed by atoms with Crippen LogP contribution in [0.25, 0.3) is 0 Å². The second kappa shape index (κ2) is 14.7. The van der Waals surface area contributed by atoms with Gasteiger partial charge in [0, 0.05) is 47.6 Å². The van der Waals surface area contributed by atoms with Crippen molar-refractivity contribution in [1.29, 1.82) is 0 Å². The molecule has 2 heterocycles. The summed E-state index contributed by atoms with van der Waals surface area (Å²) >= 11 is 0. The Morgan fingerprint density at radius 2 is 1.24 bits per heavy atom. The molecule has 0 aliphatic carbocycles. The van der Waals surface area contributed by atoms with E-state index in [2.05, 4.69) is 10.2 Å².